The third-order valence-corrected chi connectivity index (χ3v) is 4.07. The van der Waals surface area contributed by atoms with Crippen LogP contribution < -0.4 is 10.9 Å². The number of nitrogens with one attached hydrogen (secondary N) is 1. The lowest BCUT2D eigenvalue weighted by molar-refractivity contribution is 0.672. The standard InChI is InChI=1S/C13H13Br2N3O/c1-9-12(15)13(19)18(8-17-9)6-5-16-11-4-2-3-10(14)7-11/h2-4,7-8,16H,5-6H2,1H3. The number of nitrogens with zero attached hydrogens (tertiary/aromatic N) is 2. The van der Waals surface area contributed by atoms with Gasteiger partial charge in [-0.1, -0.05) is 22.0 Å². The molecule has 0 bridgehead atoms. The molecule has 4 nitrogen and oxygen atoms in total. The van der Waals surface area contributed by atoms with Crippen molar-refractivity contribution in [2.75, 3.05) is 11.9 Å². The fourth-order valence-corrected chi connectivity index (χ4v) is 2.35. The Bertz CT molecular complexity index is 640. The van der Waals surface area contributed by atoms with Crippen molar-refractivity contribution in [2.45, 2.75) is 13.5 Å². The Kier molecular flexibility index (Phi) is 4.76. The van der Waals surface area contributed by atoms with Gasteiger partial charge in [0, 0.05) is 23.2 Å². The summed E-state index contributed by atoms with van der Waals surface area (Å²) in [5, 5.41) is 3.26. The number of anilines is 1. The molecule has 0 aliphatic rings. The highest BCUT2D eigenvalue weighted by Gasteiger charge is 2.04. The van der Waals surface area contributed by atoms with Crippen LogP contribution in [0.25, 0.3) is 0 Å². The third kappa shape index (κ3) is 3.67. The van der Waals surface area contributed by atoms with Crippen molar-refractivity contribution in [3.8, 4) is 0 Å². The van der Waals surface area contributed by atoms with Crippen LogP contribution in [0, 0.1) is 6.92 Å². The summed E-state index contributed by atoms with van der Waals surface area (Å²) in [5.41, 5.74) is 1.67. The van der Waals surface area contributed by atoms with Gasteiger partial charge >= 0.3 is 0 Å². The van der Waals surface area contributed by atoms with Crippen LogP contribution in [-0.4, -0.2) is 16.1 Å². The molecule has 0 fully saturated rings. The summed E-state index contributed by atoms with van der Waals surface area (Å²) < 4.78 is 3.13. The third-order valence-electron chi connectivity index (χ3n) is 2.66. The lowest BCUT2D eigenvalue weighted by Crippen LogP contribution is -2.25. The van der Waals surface area contributed by atoms with E-state index in [9.17, 15) is 4.79 Å². The minimum absolute atomic E-state index is 0.0523. The van der Waals surface area contributed by atoms with Gasteiger partial charge in [-0.25, -0.2) is 4.98 Å². The maximum absolute atomic E-state index is 11.9. The minimum atomic E-state index is -0.0523. The quantitative estimate of drug-likeness (QED) is 0.877. The molecule has 6 heteroatoms. The maximum Gasteiger partial charge on any atom is 0.267 e. The Morgan fingerprint density at radius 2 is 2.16 bits per heavy atom. The molecule has 0 unspecified atom stereocenters. The summed E-state index contributed by atoms with van der Waals surface area (Å²) in [5.74, 6) is 0. The van der Waals surface area contributed by atoms with E-state index >= 15 is 0 Å². The molecule has 100 valence electrons. The Balaban J connectivity index is 2.00. The van der Waals surface area contributed by atoms with Crippen LogP contribution in [0.15, 0.2) is 44.3 Å². The van der Waals surface area contributed by atoms with Crippen molar-refractivity contribution in [2.24, 2.45) is 0 Å². The second kappa shape index (κ2) is 6.34. The molecule has 0 spiro atoms. The molecule has 0 aliphatic heterocycles. The number of aromatic nitrogens is 2. The summed E-state index contributed by atoms with van der Waals surface area (Å²) >= 11 is 6.67. The van der Waals surface area contributed by atoms with Crippen LogP contribution in [0.1, 0.15) is 5.69 Å². The highest BCUT2D eigenvalue weighted by molar-refractivity contribution is 9.10. The first-order valence-electron chi connectivity index (χ1n) is 5.79. The van der Waals surface area contributed by atoms with Gasteiger partial charge in [0.15, 0.2) is 0 Å². The van der Waals surface area contributed by atoms with Crippen LogP contribution in [-0.2, 0) is 6.54 Å². The summed E-state index contributed by atoms with van der Waals surface area (Å²) in [6.45, 7) is 3.03. The van der Waals surface area contributed by atoms with Gasteiger partial charge in [-0.05, 0) is 41.1 Å². The fraction of sp³-hybridized carbons (Fsp3) is 0.231. The molecule has 19 heavy (non-hydrogen) atoms. The zero-order valence-electron chi connectivity index (χ0n) is 10.4. The van der Waals surface area contributed by atoms with Gasteiger partial charge in [-0.3, -0.25) is 9.36 Å². The van der Waals surface area contributed by atoms with Crippen LogP contribution >= 0.6 is 31.9 Å². The van der Waals surface area contributed by atoms with Crippen LogP contribution in [0.2, 0.25) is 0 Å². The highest BCUT2D eigenvalue weighted by Crippen LogP contribution is 2.15. The Morgan fingerprint density at radius 1 is 1.37 bits per heavy atom. The molecule has 1 N–H and O–H groups in total. The molecule has 0 atom stereocenters. The van der Waals surface area contributed by atoms with E-state index in [4.69, 9.17) is 0 Å². The van der Waals surface area contributed by atoms with E-state index in [-0.39, 0.29) is 5.56 Å². The number of halogens is 2. The van der Waals surface area contributed by atoms with Crippen LogP contribution in [0.4, 0.5) is 5.69 Å². The summed E-state index contributed by atoms with van der Waals surface area (Å²) in [6, 6.07) is 7.90. The molecule has 1 aromatic carbocycles. The molecule has 0 amide bonds. The first kappa shape index (κ1) is 14.3. The van der Waals surface area contributed by atoms with Crippen molar-refractivity contribution in [3.63, 3.8) is 0 Å². The van der Waals surface area contributed by atoms with Gasteiger partial charge in [0.05, 0.1) is 12.0 Å². The van der Waals surface area contributed by atoms with Gasteiger partial charge in [0.1, 0.15) is 4.47 Å². The van der Waals surface area contributed by atoms with E-state index < -0.39 is 0 Å². The minimum Gasteiger partial charge on any atom is -0.383 e. The molecule has 1 aromatic heterocycles. The lowest BCUT2D eigenvalue weighted by Gasteiger charge is -2.09. The second-order valence-corrected chi connectivity index (χ2v) is 5.79. The number of hydrogen-bond donors (Lipinski definition) is 1. The predicted octanol–water partition coefficient (Wildman–Crippen LogP) is 3.19. The van der Waals surface area contributed by atoms with Crippen molar-refractivity contribution < 1.29 is 0 Å². The number of benzene rings is 1. The highest BCUT2D eigenvalue weighted by atomic mass is 79.9. The average molecular weight is 387 g/mol. The van der Waals surface area contributed by atoms with Gasteiger partial charge in [0.2, 0.25) is 0 Å². The van der Waals surface area contributed by atoms with Crippen molar-refractivity contribution in [1.29, 1.82) is 0 Å². The van der Waals surface area contributed by atoms with Gasteiger partial charge in [0.25, 0.3) is 5.56 Å². The second-order valence-electron chi connectivity index (χ2n) is 4.08. The first-order chi connectivity index (χ1) is 9.08. The Labute approximate surface area is 128 Å². The SMILES string of the molecule is Cc1ncn(CCNc2cccc(Br)c2)c(=O)c1Br. The lowest BCUT2D eigenvalue weighted by atomic mass is 10.3. The average Bonchev–Trinajstić information content (AvgIpc) is 2.39. The zero-order valence-corrected chi connectivity index (χ0v) is 13.5. The van der Waals surface area contributed by atoms with Crippen molar-refractivity contribution in [1.82, 2.24) is 9.55 Å². The van der Waals surface area contributed by atoms with E-state index in [0.717, 1.165) is 10.2 Å². The van der Waals surface area contributed by atoms with E-state index in [1.807, 2.05) is 24.3 Å². The first-order valence-corrected chi connectivity index (χ1v) is 7.37. The monoisotopic (exact) mass is 385 g/mol. The normalized spacial score (nSPS) is 10.5. The summed E-state index contributed by atoms with van der Waals surface area (Å²) in [4.78, 5) is 16.1. The van der Waals surface area contributed by atoms with E-state index in [2.05, 4.69) is 42.2 Å². The van der Waals surface area contributed by atoms with Gasteiger partial charge in [-0.15, -0.1) is 0 Å². The molecule has 0 saturated carbocycles. The molecular weight excluding hydrogens is 374 g/mol. The molecule has 2 rings (SSSR count). The number of hydrogen-bond acceptors (Lipinski definition) is 3. The largest absolute Gasteiger partial charge is 0.383 e. The van der Waals surface area contributed by atoms with E-state index in [0.29, 0.717) is 23.3 Å². The van der Waals surface area contributed by atoms with E-state index in [1.54, 1.807) is 17.8 Å². The van der Waals surface area contributed by atoms with Gasteiger partial charge in [-0.2, -0.15) is 0 Å². The molecule has 0 radical (unpaired) electrons. The molecule has 0 aliphatic carbocycles. The molecule has 1 heterocycles. The Hall–Kier alpha value is -1.14. The van der Waals surface area contributed by atoms with Crippen LogP contribution in [0.3, 0.4) is 0 Å². The summed E-state index contributed by atoms with van der Waals surface area (Å²) in [6.07, 6.45) is 1.57. The zero-order chi connectivity index (χ0) is 13.8. The Morgan fingerprint density at radius 3 is 2.89 bits per heavy atom. The van der Waals surface area contributed by atoms with E-state index in [1.165, 1.54) is 0 Å². The van der Waals surface area contributed by atoms with Crippen molar-refractivity contribution >= 4 is 37.5 Å². The number of rotatable bonds is 4. The number of aryl methyl sites for hydroxylation is 1. The fourth-order valence-electron chi connectivity index (χ4n) is 1.62. The maximum atomic E-state index is 11.9. The van der Waals surface area contributed by atoms with Gasteiger partial charge < -0.3 is 5.32 Å². The molecule has 2 aromatic rings. The topological polar surface area (TPSA) is 46.9 Å². The van der Waals surface area contributed by atoms with Crippen molar-refractivity contribution in [3.05, 3.63) is 55.6 Å². The molecular formula is C13H13Br2N3O. The van der Waals surface area contributed by atoms with Crippen LogP contribution in [0.5, 0.6) is 0 Å². The smallest absolute Gasteiger partial charge is 0.267 e. The summed E-state index contributed by atoms with van der Waals surface area (Å²) in [7, 11) is 0. The predicted molar refractivity (Wildman–Crippen MR) is 83.6 cm³/mol. The molecule has 0 saturated heterocycles.